The molecule has 0 spiro atoms. The Bertz CT molecular complexity index is 810. The number of aliphatic hydroxyl groups is 1. The zero-order chi connectivity index (χ0) is 18.0. The largest absolute Gasteiger partial charge is 0.449 e. The van der Waals surface area contributed by atoms with Gasteiger partial charge in [-0.2, -0.15) is 0 Å². The molecule has 5 heteroatoms. The van der Waals surface area contributed by atoms with Crippen molar-refractivity contribution in [2.45, 2.75) is 19.8 Å². The first-order valence-corrected chi connectivity index (χ1v) is 8.31. The number of carbonyl (C=O) groups excluding carboxylic acids is 1. The summed E-state index contributed by atoms with van der Waals surface area (Å²) in [5.41, 5.74) is 9.10. The molecule has 25 heavy (non-hydrogen) atoms. The second-order valence-corrected chi connectivity index (χ2v) is 6.34. The zero-order valence-electron chi connectivity index (χ0n) is 14.4. The summed E-state index contributed by atoms with van der Waals surface area (Å²) in [6.07, 6.45) is 1.71. The average molecular weight is 338 g/mol. The van der Waals surface area contributed by atoms with Crippen LogP contribution in [-0.4, -0.2) is 24.2 Å². The molecule has 1 amide bonds. The molecular weight excluding hydrogens is 316 g/mol. The first kappa shape index (κ1) is 17.0. The first-order chi connectivity index (χ1) is 12.0. The minimum absolute atomic E-state index is 0.133. The highest BCUT2D eigenvalue weighted by Crippen LogP contribution is 2.37. The average Bonchev–Trinajstić information content (AvgIpc) is 2.59. The van der Waals surface area contributed by atoms with Gasteiger partial charge in [-0.05, 0) is 35.3 Å². The van der Waals surface area contributed by atoms with E-state index in [4.69, 9.17) is 10.5 Å². The number of aliphatic hydroxyl groups excluding tert-OH is 1. The SMILES string of the molecule is CC(C)c1ccc(/C=C2/Oc3cc(N)ccc3N(CCO)C2=O)cc1. The van der Waals surface area contributed by atoms with Gasteiger partial charge >= 0.3 is 0 Å². The van der Waals surface area contributed by atoms with E-state index in [-0.39, 0.29) is 24.8 Å². The minimum Gasteiger partial charge on any atom is -0.449 e. The normalized spacial score (nSPS) is 15.4. The number of fused-ring (bicyclic) bond motifs is 1. The predicted molar refractivity (Wildman–Crippen MR) is 99.4 cm³/mol. The molecule has 0 saturated carbocycles. The molecular formula is C20H22N2O3. The fourth-order valence-electron chi connectivity index (χ4n) is 2.78. The van der Waals surface area contributed by atoms with Crippen molar-refractivity contribution in [3.8, 4) is 5.75 Å². The molecule has 1 aliphatic heterocycles. The van der Waals surface area contributed by atoms with Crippen LogP contribution in [0.1, 0.15) is 30.9 Å². The number of rotatable bonds is 4. The van der Waals surface area contributed by atoms with Crippen LogP contribution in [-0.2, 0) is 4.79 Å². The maximum Gasteiger partial charge on any atom is 0.294 e. The van der Waals surface area contributed by atoms with E-state index < -0.39 is 0 Å². The summed E-state index contributed by atoms with van der Waals surface area (Å²) in [5, 5.41) is 9.30. The Balaban J connectivity index is 1.97. The number of β-amino-alcohol motifs (C(OH)–C–C–N with tert-alkyl or cyclic N) is 1. The van der Waals surface area contributed by atoms with Gasteiger partial charge in [0.1, 0.15) is 0 Å². The van der Waals surface area contributed by atoms with Gasteiger partial charge in [0.05, 0.1) is 12.3 Å². The lowest BCUT2D eigenvalue weighted by molar-refractivity contribution is -0.117. The van der Waals surface area contributed by atoms with E-state index in [2.05, 4.69) is 13.8 Å². The molecule has 1 heterocycles. The predicted octanol–water partition coefficient (Wildman–Crippen LogP) is 3.15. The van der Waals surface area contributed by atoms with Crippen LogP contribution in [0.4, 0.5) is 11.4 Å². The number of anilines is 2. The van der Waals surface area contributed by atoms with Crippen molar-refractivity contribution in [2.75, 3.05) is 23.8 Å². The van der Waals surface area contributed by atoms with Crippen LogP contribution in [0.5, 0.6) is 5.75 Å². The number of carbonyl (C=O) groups is 1. The summed E-state index contributed by atoms with van der Waals surface area (Å²) in [6, 6.07) is 13.1. The molecule has 5 nitrogen and oxygen atoms in total. The highest BCUT2D eigenvalue weighted by atomic mass is 16.5. The van der Waals surface area contributed by atoms with Crippen LogP contribution in [0.3, 0.4) is 0 Å². The van der Waals surface area contributed by atoms with Gasteiger partial charge in [-0.3, -0.25) is 9.69 Å². The lowest BCUT2D eigenvalue weighted by Gasteiger charge is -2.30. The number of hydrogen-bond acceptors (Lipinski definition) is 4. The third kappa shape index (κ3) is 3.51. The van der Waals surface area contributed by atoms with Gasteiger partial charge in [0.2, 0.25) is 0 Å². The third-order valence-electron chi connectivity index (χ3n) is 4.18. The van der Waals surface area contributed by atoms with Crippen molar-refractivity contribution in [2.24, 2.45) is 0 Å². The van der Waals surface area contributed by atoms with Crippen molar-refractivity contribution in [1.29, 1.82) is 0 Å². The number of hydrogen-bond donors (Lipinski definition) is 2. The standard InChI is InChI=1S/C20H22N2O3/c1-13(2)15-5-3-14(4-6-15)11-19-20(24)22(9-10-23)17-8-7-16(21)12-18(17)25-19/h3-8,11-13,23H,9-10,21H2,1-2H3/b19-11+. The second kappa shape index (κ2) is 6.99. The molecule has 1 aliphatic rings. The molecule has 3 N–H and O–H groups in total. The lowest BCUT2D eigenvalue weighted by Crippen LogP contribution is -2.39. The van der Waals surface area contributed by atoms with Crippen LogP contribution in [0.2, 0.25) is 0 Å². The quantitative estimate of drug-likeness (QED) is 0.663. The summed E-state index contributed by atoms with van der Waals surface area (Å²) >= 11 is 0. The monoisotopic (exact) mass is 338 g/mol. The molecule has 0 saturated heterocycles. The van der Waals surface area contributed by atoms with Crippen LogP contribution >= 0.6 is 0 Å². The molecule has 0 atom stereocenters. The zero-order valence-corrected chi connectivity index (χ0v) is 14.4. The molecule has 0 bridgehead atoms. The number of nitrogen functional groups attached to an aromatic ring is 1. The van der Waals surface area contributed by atoms with E-state index in [1.54, 1.807) is 24.3 Å². The maximum absolute atomic E-state index is 12.7. The van der Waals surface area contributed by atoms with Gasteiger partial charge in [0.15, 0.2) is 11.5 Å². The van der Waals surface area contributed by atoms with E-state index in [0.717, 1.165) is 5.56 Å². The smallest absolute Gasteiger partial charge is 0.294 e. The van der Waals surface area contributed by atoms with Gasteiger partial charge in [-0.15, -0.1) is 0 Å². The molecule has 3 rings (SSSR count). The molecule has 0 fully saturated rings. The summed E-state index contributed by atoms with van der Waals surface area (Å²) in [4.78, 5) is 14.2. The lowest BCUT2D eigenvalue weighted by atomic mass is 10.0. The number of nitrogens with two attached hydrogens (primary N) is 1. The minimum atomic E-state index is -0.278. The van der Waals surface area contributed by atoms with Gasteiger partial charge in [-0.25, -0.2) is 0 Å². The Morgan fingerprint density at radius 3 is 2.56 bits per heavy atom. The molecule has 130 valence electrons. The third-order valence-corrected chi connectivity index (χ3v) is 4.18. The molecule has 0 aromatic heterocycles. The van der Waals surface area contributed by atoms with Crippen molar-refractivity contribution < 1.29 is 14.6 Å². The fraction of sp³-hybridized carbons (Fsp3) is 0.250. The molecule has 2 aromatic rings. The molecule has 0 radical (unpaired) electrons. The van der Waals surface area contributed by atoms with Gasteiger partial charge in [0.25, 0.3) is 5.91 Å². The van der Waals surface area contributed by atoms with E-state index >= 15 is 0 Å². The van der Waals surface area contributed by atoms with Gasteiger partial charge in [-0.1, -0.05) is 38.1 Å². The van der Waals surface area contributed by atoms with Crippen molar-refractivity contribution in [3.05, 3.63) is 59.4 Å². The van der Waals surface area contributed by atoms with Gasteiger partial charge in [0, 0.05) is 18.3 Å². The van der Waals surface area contributed by atoms with Crippen LogP contribution in [0.25, 0.3) is 6.08 Å². The maximum atomic E-state index is 12.7. The molecule has 0 aliphatic carbocycles. The van der Waals surface area contributed by atoms with Crippen LogP contribution in [0.15, 0.2) is 48.2 Å². The highest BCUT2D eigenvalue weighted by Gasteiger charge is 2.30. The molecule has 2 aromatic carbocycles. The Morgan fingerprint density at radius 2 is 1.92 bits per heavy atom. The Kier molecular flexibility index (Phi) is 4.76. The van der Waals surface area contributed by atoms with Crippen LogP contribution < -0.4 is 15.4 Å². The summed E-state index contributed by atoms with van der Waals surface area (Å²) < 4.78 is 5.79. The van der Waals surface area contributed by atoms with Crippen molar-refractivity contribution in [3.63, 3.8) is 0 Å². The highest BCUT2D eigenvalue weighted by molar-refractivity contribution is 6.10. The number of amides is 1. The Morgan fingerprint density at radius 1 is 1.20 bits per heavy atom. The number of benzene rings is 2. The Hall–Kier alpha value is -2.79. The second-order valence-electron chi connectivity index (χ2n) is 6.34. The van der Waals surface area contributed by atoms with E-state index in [9.17, 15) is 9.90 Å². The molecule has 0 unspecified atom stereocenters. The van der Waals surface area contributed by atoms with E-state index in [1.807, 2.05) is 24.3 Å². The number of nitrogens with zero attached hydrogens (tertiary/aromatic N) is 1. The Labute approximate surface area is 147 Å². The summed E-state index contributed by atoms with van der Waals surface area (Å²) in [6.45, 7) is 4.33. The summed E-state index contributed by atoms with van der Waals surface area (Å²) in [7, 11) is 0. The first-order valence-electron chi connectivity index (χ1n) is 8.31. The fourth-order valence-corrected chi connectivity index (χ4v) is 2.78. The number of ether oxygens (including phenoxy) is 1. The van der Waals surface area contributed by atoms with Crippen molar-refractivity contribution >= 4 is 23.4 Å². The van der Waals surface area contributed by atoms with Gasteiger partial charge < -0.3 is 15.6 Å². The topological polar surface area (TPSA) is 75.8 Å². The van der Waals surface area contributed by atoms with Crippen LogP contribution in [0, 0.1) is 0 Å². The van der Waals surface area contributed by atoms with E-state index in [0.29, 0.717) is 23.0 Å². The van der Waals surface area contributed by atoms with Crippen molar-refractivity contribution in [1.82, 2.24) is 0 Å². The summed E-state index contributed by atoms with van der Waals surface area (Å²) in [5.74, 6) is 0.894. The van der Waals surface area contributed by atoms with E-state index in [1.165, 1.54) is 10.5 Å².